The fraction of sp³-hybridized carbons (Fsp3) is 0.0833. The van der Waals surface area contributed by atoms with Crippen molar-refractivity contribution in [2.45, 2.75) is 9.79 Å². The Morgan fingerprint density at radius 3 is 2.54 bits per heavy atom. The maximum atomic E-state index is 13.1. The van der Waals surface area contributed by atoms with E-state index in [2.05, 4.69) is 15.5 Å². The molecule has 1 aliphatic rings. The zero-order chi connectivity index (χ0) is 24.6. The maximum Gasteiger partial charge on any atom is 0.273 e. The van der Waals surface area contributed by atoms with E-state index < -0.39 is 15.7 Å². The van der Waals surface area contributed by atoms with E-state index in [1.807, 2.05) is 0 Å². The lowest BCUT2D eigenvalue weighted by Crippen LogP contribution is -2.13. The number of methoxy groups -OCH3 is 1. The van der Waals surface area contributed by atoms with Gasteiger partial charge in [-0.05, 0) is 60.7 Å². The van der Waals surface area contributed by atoms with Crippen LogP contribution < -0.4 is 19.5 Å². The summed E-state index contributed by atoms with van der Waals surface area (Å²) < 4.78 is 42.2. The number of aromatic amines is 1. The third-order valence-corrected chi connectivity index (χ3v) is 7.30. The Morgan fingerprint density at radius 1 is 1.00 bits per heavy atom. The second-order valence-electron chi connectivity index (χ2n) is 7.54. The van der Waals surface area contributed by atoms with E-state index in [0.29, 0.717) is 22.2 Å². The molecule has 0 radical (unpaired) electrons. The van der Waals surface area contributed by atoms with Gasteiger partial charge in [0, 0.05) is 22.3 Å². The van der Waals surface area contributed by atoms with Gasteiger partial charge in [0.25, 0.3) is 5.91 Å². The number of ether oxygens (including phenoxy) is 3. The Hall–Kier alpha value is -4.02. The fourth-order valence-corrected chi connectivity index (χ4v) is 4.95. The molecule has 11 heteroatoms. The van der Waals surface area contributed by atoms with Gasteiger partial charge in [-0.15, -0.1) is 0 Å². The van der Waals surface area contributed by atoms with E-state index >= 15 is 0 Å². The number of hydrogen-bond donors (Lipinski definition) is 2. The van der Waals surface area contributed by atoms with E-state index in [9.17, 15) is 13.2 Å². The van der Waals surface area contributed by atoms with Crippen LogP contribution in [0.4, 0.5) is 5.69 Å². The molecule has 0 saturated carbocycles. The molecule has 0 atom stereocenters. The van der Waals surface area contributed by atoms with Gasteiger partial charge in [-0.3, -0.25) is 9.89 Å². The van der Waals surface area contributed by atoms with Gasteiger partial charge in [0.2, 0.25) is 16.6 Å². The molecule has 5 rings (SSSR count). The smallest absolute Gasteiger partial charge is 0.273 e. The first-order valence-electron chi connectivity index (χ1n) is 10.3. The lowest BCUT2D eigenvalue weighted by atomic mass is 10.1. The molecule has 0 fully saturated rings. The van der Waals surface area contributed by atoms with E-state index in [1.165, 1.54) is 49.6 Å². The van der Waals surface area contributed by atoms with Crippen molar-refractivity contribution >= 4 is 33.0 Å². The largest absolute Gasteiger partial charge is 0.497 e. The molecule has 1 amide bonds. The summed E-state index contributed by atoms with van der Waals surface area (Å²) in [6.07, 6.45) is 0. The molecule has 0 unspecified atom stereocenters. The molecule has 1 aliphatic heterocycles. The first kappa shape index (κ1) is 22.8. The van der Waals surface area contributed by atoms with E-state index in [-0.39, 0.29) is 33.7 Å². The summed E-state index contributed by atoms with van der Waals surface area (Å²) in [5.74, 6) is 1.00. The van der Waals surface area contributed by atoms with Crippen molar-refractivity contribution in [2.75, 3.05) is 19.2 Å². The highest BCUT2D eigenvalue weighted by Gasteiger charge is 2.21. The molecule has 0 bridgehead atoms. The Kier molecular flexibility index (Phi) is 5.83. The van der Waals surface area contributed by atoms with Crippen molar-refractivity contribution in [3.63, 3.8) is 0 Å². The van der Waals surface area contributed by atoms with Gasteiger partial charge >= 0.3 is 0 Å². The third kappa shape index (κ3) is 4.53. The summed E-state index contributed by atoms with van der Waals surface area (Å²) in [7, 11) is -2.47. The minimum atomic E-state index is -3.88. The zero-order valence-corrected chi connectivity index (χ0v) is 19.8. The van der Waals surface area contributed by atoms with Gasteiger partial charge in [0.1, 0.15) is 11.4 Å². The lowest BCUT2D eigenvalue weighted by molar-refractivity contribution is 0.102. The SMILES string of the molecule is COc1cc(NC(=O)c2cc(-c3ccc4c(c3)OCO4)n[nH]2)cc(S(=O)(=O)c2ccc(Cl)cc2)c1. The molecule has 0 spiro atoms. The summed E-state index contributed by atoms with van der Waals surface area (Å²) in [6, 6.07) is 17.0. The summed E-state index contributed by atoms with van der Waals surface area (Å²) >= 11 is 5.88. The first-order chi connectivity index (χ1) is 16.8. The number of halogens is 1. The van der Waals surface area contributed by atoms with Crippen LogP contribution >= 0.6 is 11.6 Å². The zero-order valence-electron chi connectivity index (χ0n) is 18.2. The number of rotatable bonds is 6. The van der Waals surface area contributed by atoms with Crippen molar-refractivity contribution < 1.29 is 27.4 Å². The number of hydrogen-bond acceptors (Lipinski definition) is 7. The number of benzene rings is 3. The van der Waals surface area contributed by atoms with Crippen LogP contribution in [0.2, 0.25) is 5.02 Å². The minimum Gasteiger partial charge on any atom is -0.497 e. The molecule has 3 aromatic carbocycles. The van der Waals surface area contributed by atoms with Crippen molar-refractivity contribution in [1.29, 1.82) is 0 Å². The van der Waals surface area contributed by atoms with Gasteiger partial charge in [-0.2, -0.15) is 5.10 Å². The summed E-state index contributed by atoms with van der Waals surface area (Å²) in [6.45, 7) is 0.156. The van der Waals surface area contributed by atoms with Crippen molar-refractivity contribution in [1.82, 2.24) is 10.2 Å². The lowest BCUT2D eigenvalue weighted by Gasteiger charge is -2.11. The Balaban J connectivity index is 1.40. The van der Waals surface area contributed by atoms with E-state index in [4.69, 9.17) is 25.8 Å². The van der Waals surface area contributed by atoms with Crippen molar-refractivity contribution in [2.24, 2.45) is 0 Å². The number of sulfone groups is 1. The van der Waals surface area contributed by atoms with Crippen LogP contribution in [0.25, 0.3) is 11.3 Å². The molecule has 2 heterocycles. The number of amides is 1. The normalized spacial score (nSPS) is 12.4. The Morgan fingerprint density at radius 2 is 1.77 bits per heavy atom. The van der Waals surface area contributed by atoms with Crippen LogP contribution in [0.15, 0.2) is 76.5 Å². The molecular weight excluding hydrogens is 494 g/mol. The van der Waals surface area contributed by atoms with Gasteiger partial charge in [0.05, 0.1) is 22.6 Å². The average molecular weight is 512 g/mol. The highest BCUT2D eigenvalue weighted by atomic mass is 35.5. The molecule has 1 aromatic heterocycles. The molecule has 2 N–H and O–H groups in total. The van der Waals surface area contributed by atoms with Crippen LogP contribution in [0.1, 0.15) is 10.5 Å². The van der Waals surface area contributed by atoms with Gasteiger partial charge < -0.3 is 19.5 Å². The van der Waals surface area contributed by atoms with E-state index in [0.717, 1.165) is 5.56 Å². The highest BCUT2D eigenvalue weighted by Crippen LogP contribution is 2.35. The average Bonchev–Trinajstić information content (AvgIpc) is 3.53. The first-order valence-corrected chi connectivity index (χ1v) is 12.2. The van der Waals surface area contributed by atoms with E-state index in [1.54, 1.807) is 24.3 Å². The molecule has 0 aliphatic carbocycles. The van der Waals surface area contributed by atoms with Gasteiger partial charge in [-0.1, -0.05) is 11.6 Å². The number of carbonyl (C=O) groups excluding carboxylic acids is 1. The van der Waals surface area contributed by atoms with Crippen LogP contribution in [0, 0.1) is 0 Å². The standard InChI is InChI=1S/C24H18ClN3O6S/c1-32-17-9-16(10-19(11-17)35(30,31)18-5-3-15(25)4-6-18)26-24(29)21-12-20(27-28-21)14-2-7-22-23(8-14)34-13-33-22/h2-12H,13H2,1H3,(H,26,29)(H,27,28). The number of carbonyl (C=O) groups is 1. The summed E-state index contributed by atoms with van der Waals surface area (Å²) in [5, 5.41) is 10.0. The predicted molar refractivity (Wildman–Crippen MR) is 128 cm³/mol. The number of nitrogens with zero attached hydrogens (tertiary/aromatic N) is 1. The third-order valence-electron chi connectivity index (χ3n) is 5.30. The molecule has 0 saturated heterocycles. The second-order valence-corrected chi connectivity index (χ2v) is 9.93. The summed E-state index contributed by atoms with van der Waals surface area (Å²) in [5.41, 5.74) is 1.69. The maximum absolute atomic E-state index is 13.1. The molecular formula is C24H18ClN3O6S. The highest BCUT2D eigenvalue weighted by molar-refractivity contribution is 7.91. The van der Waals surface area contributed by atoms with Crippen LogP contribution in [-0.4, -0.2) is 38.4 Å². The summed E-state index contributed by atoms with van der Waals surface area (Å²) in [4.78, 5) is 12.9. The number of anilines is 1. The second kappa shape index (κ2) is 8.97. The monoisotopic (exact) mass is 511 g/mol. The van der Waals surface area contributed by atoms with Crippen molar-refractivity contribution in [3.8, 4) is 28.5 Å². The molecule has 35 heavy (non-hydrogen) atoms. The molecule has 178 valence electrons. The Bertz CT molecular complexity index is 1530. The predicted octanol–water partition coefficient (Wildman–Crippen LogP) is 4.55. The molecule has 4 aromatic rings. The quantitative estimate of drug-likeness (QED) is 0.389. The minimum absolute atomic E-state index is 0.0415. The van der Waals surface area contributed by atoms with Gasteiger partial charge in [0.15, 0.2) is 11.5 Å². The fourth-order valence-electron chi connectivity index (χ4n) is 3.51. The van der Waals surface area contributed by atoms with Crippen LogP contribution in [0.3, 0.4) is 0 Å². The van der Waals surface area contributed by atoms with Gasteiger partial charge in [-0.25, -0.2) is 8.42 Å². The van der Waals surface area contributed by atoms with Crippen molar-refractivity contribution in [3.05, 3.63) is 77.4 Å². The molecule has 9 nitrogen and oxygen atoms in total. The number of aromatic nitrogens is 2. The van der Waals surface area contributed by atoms with Crippen LogP contribution in [-0.2, 0) is 9.84 Å². The Labute approximate surface area is 205 Å². The number of fused-ring (bicyclic) bond motifs is 1. The van der Waals surface area contributed by atoms with Crippen LogP contribution in [0.5, 0.6) is 17.2 Å². The number of nitrogens with one attached hydrogen (secondary N) is 2. The topological polar surface area (TPSA) is 120 Å². The number of H-pyrrole nitrogens is 1.